The van der Waals surface area contributed by atoms with Crippen LogP contribution in [0.5, 0.6) is 5.75 Å². The molecule has 1 unspecified atom stereocenters. The van der Waals surface area contributed by atoms with E-state index in [4.69, 9.17) is 4.74 Å². The molecule has 84 valence electrons. The first kappa shape index (κ1) is 9.57. The van der Waals surface area contributed by atoms with Gasteiger partial charge in [0.05, 0.1) is 11.7 Å². The molecule has 1 amide bonds. The highest BCUT2D eigenvalue weighted by Crippen LogP contribution is 2.40. The number of hydrogen-bond acceptors (Lipinski definition) is 2. The average molecular weight is 225 g/mol. The van der Waals surface area contributed by atoms with E-state index in [1.807, 2.05) is 0 Å². The van der Waals surface area contributed by atoms with Crippen LogP contribution in [0.25, 0.3) is 0 Å². The summed E-state index contributed by atoms with van der Waals surface area (Å²) in [6.45, 7) is 0.279. The van der Waals surface area contributed by atoms with Gasteiger partial charge in [0.1, 0.15) is 12.4 Å². The van der Waals surface area contributed by atoms with E-state index >= 15 is 0 Å². The van der Waals surface area contributed by atoms with Gasteiger partial charge in [-0.25, -0.2) is 8.78 Å². The minimum absolute atomic E-state index is 0.0205. The fourth-order valence-corrected chi connectivity index (χ4v) is 2.28. The van der Waals surface area contributed by atoms with Crippen LogP contribution >= 0.6 is 0 Å². The first-order chi connectivity index (χ1) is 7.66. The number of carbonyl (C=O) groups is 1. The van der Waals surface area contributed by atoms with Gasteiger partial charge in [0.2, 0.25) is 5.91 Å². The highest BCUT2D eigenvalue weighted by atomic mass is 19.1. The van der Waals surface area contributed by atoms with E-state index in [-0.39, 0.29) is 30.0 Å². The Balaban J connectivity index is 2.17. The standard InChI is InChI=1S/C11H9F2NO2/c12-6-3-8(13)11-9(4-6)14-7(5-16-11)1-2-10(14)15/h3-4,7H,1-2,5H2. The van der Waals surface area contributed by atoms with Crippen LogP contribution < -0.4 is 9.64 Å². The Kier molecular flexibility index (Phi) is 1.89. The van der Waals surface area contributed by atoms with Crippen molar-refractivity contribution in [2.45, 2.75) is 18.9 Å². The van der Waals surface area contributed by atoms with Crippen molar-refractivity contribution in [1.82, 2.24) is 0 Å². The third kappa shape index (κ3) is 1.20. The molecule has 1 saturated heterocycles. The van der Waals surface area contributed by atoms with E-state index in [9.17, 15) is 13.6 Å². The van der Waals surface area contributed by atoms with Crippen molar-refractivity contribution in [3.8, 4) is 5.75 Å². The quantitative estimate of drug-likeness (QED) is 0.674. The average Bonchev–Trinajstić information content (AvgIpc) is 2.60. The number of benzene rings is 1. The van der Waals surface area contributed by atoms with Crippen LogP contribution in [-0.4, -0.2) is 18.6 Å². The van der Waals surface area contributed by atoms with Gasteiger partial charge in [0.15, 0.2) is 11.6 Å². The van der Waals surface area contributed by atoms with Gasteiger partial charge in [0.25, 0.3) is 0 Å². The van der Waals surface area contributed by atoms with Crippen molar-refractivity contribution in [3.05, 3.63) is 23.8 Å². The fourth-order valence-electron chi connectivity index (χ4n) is 2.28. The van der Waals surface area contributed by atoms with E-state index in [0.29, 0.717) is 12.8 Å². The van der Waals surface area contributed by atoms with Gasteiger partial charge in [-0.1, -0.05) is 0 Å². The van der Waals surface area contributed by atoms with E-state index in [1.165, 1.54) is 4.90 Å². The molecule has 1 fully saturated rings. The summed E-state index contributed by atoms with van der Waals surface area (Å²) in [5.41, 5.74) is 0.219. The van der Waals surface area contributed by atoms with Crippen molar-refractivity contribution in [3.63, 3.8) is 0 Å². The van der Waals surface area contributed by atoms with Crippen LogP contribution in [0.2, 0.25) is 0 Å². The number of ether oxygens (including phenoxy) is 1. The first-order valence-electron chi connectivity index (χ1n) is 5.11. The molecule has 3 nitrogen and oxygen atoms in total. The summed E-state index contributed by atoms with van der Waals surface area (Å²) in [4.78, 5) is 13.1. The molecule has 0 N–H and O–H groups in total. The van der Waals surface area contributed by atoms with Crippen LogP contribution in [0.4, 0.5) is 14.5 Å². The van der Waals surface area contributed by atoms with E-state index in [1.54, 1.807) is 0 Å². The third-order valence-electron chi connectivity index (χ3n) is 2.99. The molecule has 0 aliphatic carbocycles. The molecule has 2 heterocycles. The maximum atomic E-state index is 13.4. The monoisotopic (exact) mass is 225 g/mol. The molecule has 0 bridgehead atoms. The lowest BCUT2D eigenvalue weighted by Gasteiger charge is -2.31. The minimum Gasteiger partial charge on any atom is -0.486 e. The number of amides is 1. The zero-order valence-corrected chi connectivity index (χ0v) is 8.37. The smallest absolute Gasteiger partial charge is 0.227 e. The lowest BCUT2D eigenvalue weighted by molar-refractivity contribution is -0.117. The summed E-state index contributed by atoms with van der Waals surface area (Å²) in [5.74, 6) is -1.57. The predicted octanol–water partition coefficient (Wildman–Crippen LogP) is 1.85. The third-order valence-corrected chi connectivity index (χ3v) is 2.99. The number of carbonyl (C=O) groups excluding carboxylic acids is 1. The van der Waals surface area contributed by atoms with Gasteiger partial charge in [-0.2, -0.15) is 0 Å². The Hall–Kier alpha value is -1.65. The summed E-state index contributed by atoms with van der Waals surface area (Å²) in [6.07, 6.45) is 1.09. The molecule has 1 atom stereocenters. The Morgan fingerprint density at radius 1 is 1.38 bits per heavy atom. The van der Waals surface area contributed by atoms with E-state index in [0.717, 1.165) is 12.1 Å². The molecule has 3 rings (SSSR count). The summed E-state index contributed by atoms with van der Waals surface area (Å²) >= 11 is 0. The lowest BCUT2D eigenvalue weighted by Crippen LogP contribution is -2.40. The number of rotatable bonds is 0. The molecule has 16 heavy (non-hydrogen) atoms. The van der Waals surface area contributed by atoms with E-state index < -0.39 is 11.6 Å². The second-order valence-electron chi connectivity index (χ2n) is 4.00. The van der Waals surface area contributed by atoms with Crippen LogP contribution in [0.3, 0.4) is 0 Å². The lowest BCUT2D eigenvalue weighted by atomic mass is 10.1. The predicted molar refractivity (Wildman–Crippen MR) is 52.4 cm³/mol. The van der Waals surface area contributed by atoms with Gasteiger partial charge in [-0.3, -0.25) is 4.79 Å². The van der Waals surface area contributed by atoms with Crippen molar-refractivity contribution in [2.24, 2.45) is 0 Å². The highest BCUT2D eigenvalue weighted by molar-refractivity contribution is 5.98. The SMILES string of the molecule is O=C1CCC2COc3c(F)cc(F)cc3N12. The van der Waals surface area contributed by atoms with Crippen molar-refractivity contribution in [2.75, 3.05) is 11.5 Å². The Labute approximate surface area is 90.6 Å². The number of halogens is 2. The van der Waals surface area contributed by atoms with Crippen LogP contribution in [0, 0.1) is 11.6 Å². The van der Waals surface area contributed by atoms with Gasteiger partial charge in [-0.05, 0) is 6.42 Å². The van der Waals surface area contributed by atoms with Crippen molar-refractivity contribution in [1.29, 1.82) is 0 Å². The van der Waals surface area contributed by atoms with Crippen molar-refractivity contribution >= 4 is 11.6 Å². The van der Waals surface area contributed by atoms with Crippen LogP contribution in [0.1, 0.15) is 12.8 Å². The first-order valence-corrected chi connectivity index (χ1v) is 5.11. The number of anilines is 1. The number of hydrogen-bond donors (Lipinski definition) is 0. The summed E-state index contributed by atoms with van der Waals surface area (Å²) in [7, 11) is 0. The number of fused-ring (bicyclic) bond motifs is 3. The Morgan fingerprint density at radius 3 is 3.00 bits per heavy atom. The highest BCUT2D eigenvalue weighted by Gasteiger charge is 2.38. The van der Waals surface area contributed by atoms with Crippen LogP contribution in [-0.2, 0) is 4.79 Å². The molecule has 0 spiro atoms. The van der Waals surface area contributed by atoms with Gasteiger partial charge < -0.3 is 9.64 Å². The Bertz CT molecular complexity index is 475. The van der Waals surface area contributed by atoms with Gasteiger partial charge >= 0.3 is 0 Å². The largest absolute Gasteiger partial charge is 0.486 e. The van der Waals surface area contributed by atoms with Crippen LogP contribution in [0.15, 0.2) is 12.1 Å². The zero-order chi connectivity index (χ0) is 11.3. The molecule has 5 heteroatoms. The zero-order valence-electron chi connectivity index (χ0n) is 8.37. The molecule has 2 aliphatic heterocycles. The molecular weight excluding hydrogens is 216 g/mol. The van der Waals surface area contributed by atoms with Crippen molar-refractivity contribution < 1.29 is 18.3 Å². The Morgan fingerprint density at radius 2 is 2.19 bits per heavy atom. The maximum absolute atomic E-state index is 13.4. The summed E-state index contributed by atoms with van der Waals surface area (Å²) in [6, 6.07) is 1.83. The van der Waals surface area contributed by atoms with Gasteiger partial charge in [-0.15, -0.1) is 0 Å². The molecule has 1 aromatic carbocycles. The topological polar surface area (TPSA) is 29.5 Å². The number of nitrogens with zero attached hydrogens (tertiary/aromatic N) is 1. The molecular formula is C11H9F2NO2. The van der Waals surface area contributed by atoms with E-state index in [2.05, 4.69) is 0 Å². The molecule has 2 aliphatic rings. The minimum atomic E-state index is -0.756. The molecule has 0 saturated carbocycles. The van der Waals surface area contributed by atoms with Gasteiger partial charge in [0, 0.05) is 18.6 Å². The second kappa shape index (κ2) is 3.17. The molecule has 0 aromatic heterocycles. The molecule has 1 aromatic rings. The summed E-state index contributed by atoms with van der Waals surface area (Å²) in [5, 5.41) is 0. The second-order valence-corrected chi connectivity index (χ2v) is 4.00. The maximum Gasteiger partial charge on any atom is 0.227 e. The fraction of sp³-hybridized carbons (Fsp3) is 0.364. The summed E-state index contributed by atoms with van der Waals surface area (Å²) < 4.78 is 31.8. The normalized spacial score (nSPS) is 22.8. The molecule has 0 radical (unpaired) electrons.